The zero-order valence-electron chi connectivity index (χ0n) is 9.48. The van der Waals surface area contributed by atoms with Crippen LogP contribution < -0.4 is 0 Å². The summed E-state index contributed by atoms with van der Waals surface area (Å²) in [6, 6.07) is 11.5. The molecule has 0 N–H and O–H groups in total. The van der Waals surface area contributed by atoms with Gasteiger partial charge in [0, 0.05) is 17.1 Å². The van der Waals surface area contributed by atoms with Gasteiger partial charge in [-0.2, -0.15) is 0 Å². The molecule has 0 aliphatic carbocycles. The van der Waals surface area contributed by atoms with Crippen molar-refractivity contribution in [2.45, 2.75) is 13.3 Å². The van der Waals surface area contributed by atoms with Crippen molar-refractivity contribution in [2.75, 3.05) is 0 Å². The zero-order chi connectivity index (χ0) is 12.3. The summed E-state index contributed by atoms with van der Waals surface area (Å²) in [6.07, 6.45) is 2.03. The third-order valence-corrected chi connectivity index (χ3v) is 3.36. The highest BCUT2D eigenvalue weighted by atomic mass is 79.9. The summed E-state index contributed by atoms with van der Waals surface area (Å²) < 4.78 is 0.960. The van der Waals surface area contributed by atoms with E-state index in [1.54, 1.807) is 6.20 Å². The summed E-state index contributed by atoms with van der Waals surface area (Å²) in [4.78, 5) is 16.2. The molecular formula is C14H12BrNO. The number of ketones is 1. The Labute approximate surface area is 109 Å². The van der Waals surface area contributed by atoms with Crippen molar-refractivity contribution < 1.29 is 4.79 Å². The van der Waals surface area contributed by atoms with E-state index in [2.05, 4.69) is 20.9 Å². The predicted octanol–water partition coefficient (Wildman–Crippen LogP) is 3.58. The molecule has 0 aliphatic heterocycles. The average molecular weight is 290 g/mol. The van der Waals surface area contributed by atoms with E-state index < -0.39 is 0 Å². The monoisotopic (exact) mass is 289 g/mol. The molecule has 3 heteroatoms. The number of aromatic nitrogens is 1. The van der Waals surface area contributed by atoms with E-state index in [1.165, 1.54) is 0 Å². The largest absolute Gasteiger partial charge is 0.292 e. The lowest BCUT2D eigenvalue weighted by atomic mass is 10.0. The molecule has 1 heterocycles. The van der Waals surface area contributed by atoms with Gasteiger partial charge in [-0.1, -0.05) is 40.2 Å². The van der Waals surface area contributed by atoms with Crippen molar-refractivity contribution in [1.82, 2.24) is 4.98 Å². The standard InChI is InChI=1S/C14H12BrNO/c1-10-5-4-8-16-14(10)13(17)9-11-6-2-3-7-12(11)15/h2-8H,9H2,1H3. The van der Waals surface area contributed by atoms with Crippen molar-refractivity contribution in [3.05, 3.63) is 63.9 Å². The number of Topliss-reactive ketones (excluding diaryl/α,β-unsaturated/α-hetero) is 1. The highest BCUT2D eigenvalue weighted by Crippen LogP contribution is 2.18. The first kappa shape index (κ1) is 12.0. The minimum atomic E-state index is 0.0509. The lowest BCUT2D eigenvalue weighted by molar-refractivity contribution is 0.0987. The maximum absolute atomic E-state index is 12.1. The molecule has 0 fully saturated rings. The van der Waals surface area contributed by atoms with Gasteiger partial charge in [-0.3, -0.25) is 9.78 Å². The average Bonchev–Trinajstić information content (AvgIpc) is 2.32. The Bertz CT molecular complexity index is 551. The minimum Gasteiger partial charge on any atom is -0.292 e. The Morgan fingerprint density at radius 1 is 1.24 bits per heavy atom. The maximum atomic E-state index is 12.1. The normalized spacial score (nSPS) is 10.2. The number of nitrogens with zero attached hydrogens (tertiary/aromatic N) is 1. The van der Waals surface area contributed by atoms with E-state index in [1.807, 2.05) is 43.3 Å². The van der Waals surface area contributed by atoms with Crippen molar-refractivity contribution in [2.24, 2.45) is 0 Å². The number of hydrogen-bond donors (Lipinski definition) is 0. The minimum absolute atomic E-state index is 0.0509. The van der Waals surface area contributed by atoms with E-state index in [0.717, 1.165) is 15.6 Å². The van der Waals surface area contributed by atoms with Crippen LogP contribution in [0.1, 0.15) is 21.6 Å². The lowest BCUT2D eigenvalue weighted by Gasteiger charge is -2.05. The zero-order valence-corrected chi connectivity index (χ0v) is 11.1. The van der Waals surface area contributed by atoms with Crippen LogP contribution in [0.15, 0.2) is 47.1 Å². The van der Waals surface area contributed by atoms with E-state index in [4.69, 9.17) is 0 Å². The van der Waals surface area contributed by atoms with Gasteiger partial charge >= 0.3 is 0 Å². The maximum Gasteiger partial charge on any atom is 0.185 e. The molecule has 0 aliphatic rings. The third-order valence-electron chi connectivity index (χ3n) is 2.58. The van der Waals surface area contributed by atoms with Gasteiger partial charge in [0.2, 0.25) is 0 Å². The Morgan fingerprint density at radius 3 is 2.71 bits per heavy atom. The number of pyridine rings is 1. The van der Waals surface area contributed by atoms with Crippen LogP contribution in [0.4, 0.5) is 0 Å². The molecular weight excluding hydrogens is 278 g/mol. The smallest absolute Gasteiger partial charge is 0.185 e. The van der Waals surface area contributed by atoms with Crippen molar-refractivity contribution in [1.29, 1.82) is 0 Å². The molecule has 0 unspecified atom stereocenters. The van der Waals surface area contributed by atoms with E-state index in [9.17, 15) is 4.79 Å². The number of rotatable bonds is 3. The fourth-order valence-electron chi connectivity index (χ4n) is 1.68. The Kier molecular flexibility index (Phi) is 3.69. The van der Waals surface area contributed by atoms with Crippen molar-refractivity contribution in [3.63, 3.8) is 0 Å². The molecule has 1 aromatic heterocycles. The summed E-state index contributed by atoms with van der Waals surface area (Å²) in [5.41, 5.74) is 2.47. The van der Waals surface area contributed by atoms with E-state index in [0.29, 0.717) is 12.1 Å². The second-order valence-electron chi connectivity index (χ2n) is 3.86. The SMILES string of the molecule is Cc1cccnc1C(=O)Cc1ccccc1Br. The van der Waals surface area contributed by atoms with Crippen LogP contribution in [0.3, 0.4) is 0 Å². The molecule has 2 rings (SSSR count). The van der Waals surface area contributed by atoms with Crippen molar-refractivity contribution >= 4 is 21.7 Å². The van der Waals surface area contributed by atoms with E-state index >= 15 is 0 Å². The Balaban J connectivity index is 2.24. The van der Waals surface area contributed by atoms with Gasteiger partial charge in [0.25, 0.3) is 0 Å². The molecule has 0 amide bonds. The molecule has 0 bridgehead atoms. The van der Waals surface area contributed by atoms with Gasteiger partial charge in [-0.05, 0) is 30.2 Å². The highest BCUT2D eigenvalue weighted by Gasteiger charge is 2.12. The van der Waals surface area contributed by atoms with Crippen LogP contribution in [0.2, 0.25) is 0 Å². The van der Waals surface area contributed by atoms with Crippen LogP contribution in [0.25, 0.3) is 0 Å². The van der Waals surface area contributed by atoms with Gasteiger partial charge in [-0.15, -0.1) is 0 Å². The van der Waals surface area contributed by atoms with E-state index in [-0.39, 0.29) is 5.78 Å². The number of benzene rings is 1. The Hall–Kier alpha value is -1.48. The summed E-state index contributed by atoms with van der Waals surface area (Å²) in [6.45, 7) is 1.90. The fourth-order valence-corrected chi connectivity index (χ4v) is 2.10. The Morgan fingerprint density at radius 2 is 2.00 bits per heavy atom. The molecule has 2 aromatic rings. The predicted molar refractivity (Wildman–Crippen MR) is 71.2 cm³/mol. The lowest BCUT2D eigenvalue weighted by Crippen LogP contribution is -2.08. The molecule has 1 aromatic carbocycles. The molecule has 0 saturated carbocycles. The second-order valence-corrected chi connectivity index (χ2v) is 4.71. The van der Waals surface area contributed by atoms with Crippen molar-refractivity contribution in [3.8, 4) is 0 Å². The first-order chi connectivity index (χ1) is 8.18. The first-order valence-electron chi connectivity index (χ1n) is 5.36. The summed E-state index contributed by atoms with van der Waals surface area (Å²) in [5.74, 6) is 0.0509. The first-order valence-corrected chi connectivity index (χ1v) is 6.16. The number of aryl methyl sites for hydroxylation is 1. The fraction of sp³-hybridized carbons (Fsp3) is 0.143. The molecule has 86 valence electrons. The van der Waals surface area contributed by atoms with Gasteiger partial charge < -0.3 is 0 Å². The van der Waals surface area contributed by atoms with Crippen LogP contribution >= 0.6 is 15.9 Å². The number of halogens is 1. The van der Waals surface area contributed by atoms with Crippen LogP contribution in [-0.4, -0.2) is 10.8 Å². The molecule has 17 heavy (non-hydrogen) atoms. The molecule has 2 nitrogen and oxygen atoms in total. The summed E-state index contributed by atoms with van der Waals surface area (Å²) in [5, 5.41) is 0. The van der Waals surface area contributed by atoms with Gasteiger partial charge in [0.1, 0.15) is 5.69 Å². The number of carbonyl (C=O) groups is 1. The molecule has 0 saturated heterocycles. The summed E-state index contributed by atoms with van der Waals surface area (Å²) in [7, 11) is 0. The highest BCUT2D eigenvalue weighted by molar-refractivity contribution is 9.10. The van der Waals surface area contributed by atoms with Crippen LogP contribution in [0.5, 0.6) is 0 Å². The van der Waals surface area contributed by atoms with Gasteiger partial charge in [-0.25, -0.2) is 0 Å². The van der Waals surface area contributed by atoms with Crippen LogP contribution in [-0.2, 0) is 6.42 Å². The number of hydrogen-bond acceptors (Lipinski definition) is 2. The third kappa shape index (κ3) is 2.80. The molecule has 0 radical (unpaired) electrons. The van der Waals surface area contributed by atoms with Gasteiger partial charge in [0.05, 0.1) is 0 Å². The van der Waals surface area contributed by atoms with Crippen LogP contribution in [0, 0.1) is 6.92 Å². The number of carbonyl (C=O) groups excluding carboxylic acids is 1. The molecule has 0 atom stereocenters. The topological polar surface area (TPSA) is 30.0 Å². The molecule has 0 spiro atoms. The second kappa shape index (κ2) is 5.23. The summed E-state index contributed by atoms with van der Waals surface area (Å²) >= 11 is 3.44. The van der Waals surface area contributed by atoms with Gasteiger partial charge in [0.15, 0.2) is 5.78 Å². The quantitative estimate of drug-likeness (QED) is 0.809.